The zero-order chi connectivity index (χ0) is 20.0. The van der Waals surface area contributed by atoms with Gasteiger partial charge in [0.25, 0.3) is 0 Å². The van der Waals surface area contributed by atoms with Crippen LogP contribution in [0.3, 0.4) is 0 Å². The summed E-state index contributed by atoms with van der Waals surface area (Å²) in [5.41, 5.74) is -0.972. The molecule has 1 heterocycles. The second kappa shape index (κ2) is 9.52. The fourth-order valence-corrected chi connectivity index (χ4v) is 4.38. The maximum Gasteiger partial charge on any atom is 0.343 e. The van der Waals surface area contributed by atoms with Crippen LogP contribution in [0.25, 0.3) is 0 Å². The number of hydrogen-bond acceptors (Lipinski definition) is 6. The predicted octanol–water partition coefficient (Wildman–Crippen LogP) is 2.64. The highest BCUT2D eigenvalue weighted by atomic mass is 16.6. The second-order valence-corrected chi connectivity index (χ2v) is 7.79. The van der Waals surface area contributed by atoms with Crippen molar-refractivity contribution < 1.29 is 24.2 Å². The van der Waals surface area contributed by atoms with Crippen LogP contribution in [0, 0.1) is 5.92 Å². The fraction of sp³-hybridized carbons (Fsp3) is 0.636. The van der Waals surface area contributed by atoms with Gasteiger partial charge < -0.3 is 14.6 Å². The normalized spacial score (nSPS) is 22.7. The Labute approximate surface area is 166 Å². The van der Waals surface area contributed by atoms with E-state index >= 15 is 0 Å². The van der Waals surface area contributed by atoms with Gasteiger partial charge in [-0.1, -0.05) is 43.2 Å². The van der Waals surface area contributed by atoms with E-state index in [0.29, 0.717) is 38.1 Å². The summed E-state index contributed by atoms with van der Waals surface area (Å²) >= 11 is 0. The molecule has 1 N–H and O–H groups in total. The highest BCUT2D eigenvalue weighted by Crippen LogP contribution is 2.41. The van der Waals surface area contributed by atoms with Crippen molar-refractivity contribution >= 4 is 11.9 Å². The molecule has 6 heteroatoms. The van der Waals surface area contributed by atoms with E-state index in [-0.39, 0.29) is 18.0 Å². The molecule has 1 saturated carbocycles. The summed E-state index contributed by atoms with van der Waals surface area (Å²) in [7, 11) is 0. The van der Waals surface area contributed by atoms with Gasteiger partial charge in [-0.05, 0) is 31.7 Å². The SMILES string of the molecule is CCOC(=O)CCN1CC[C@@H](OC(=O)C(O)(c2ccccc2)C2CCCC2)C1. The molecule has 0 amide bonds. The van der Waals surface area contributed by atoms with Crippen LogP contribution < -0.4 is 0 Å². The lowest BCUT2D eigenvalue weighted by Crippen LogP contribution is -2.45. The highest BCUT2D eigenvalue weighted by molar-refractivity contribution is 5.81. The number of carbonyl (C=O) groups is 2. The van der Waals surface area contributed by atoms with Gasteiger partial charge in [-0.25, -0.2) is 4.79 Å². The summed E-state index contributed by atoms with van der Waals surface area (Å²) in [5, 5.41) is 11.5. The van der Waals surface area contributed by atoms with Gasteiger partial charge >= 0.3 is 11.9 Å². The van der Waals surface area contributed by atoms with Crippen molar-refractivity contribution in [3.63, 3.8) is 0 Å². The molecule has 1 saturated heterocycles. The van der Waals surface area contributed by atoms with Crippen LogP contribution in [0.2, 0.25) is 0 Å². The second-order valence-electron chi connectivity index (χ2n) is 7.79. The van der Waals surface area contributed by atoms with E-state index in [1.807, 2.05) is 18.2 Å². The molecule has 0 spiro atoms. The highest BCUT2D eigenvalue weighted by Gasteiger charge is 2.48. The van der Waals surface area contributed by atoms with E-state index < -0.39 is 11.6 Å². The minimum absolute atomic E-state index is 0.108. The Hall–Kier alpha value is -1.92. The molecule has 0 aromatic heterocycles. The van der Waals surface area contributed by atoms with Crippen molar-refractivity contribution in [2.24, 2.45) is 5.92 Å². The summed E-state index contributed by atoms with van der Waals surface area (Å²) in [6.07, 6.45) is 4.50. The Bertz CT molecular complexity index is 658. The van der Waals surface area contributed by atoms with Crippen molar-refractivity contribution in [3.05, 3.63) is 35.9 Å². The molecule has 28 heavy (non-hydrogen) atoms. The van der Waals surface area contributed by atoms with E-state index in [2.05, 4.69) is 4.90 Å². The van der Waals surface area contributed by atoms with Gasteiger partial charge in [-0.15, -0.1) is 0 Å². The van der Waals surface area contributed by atoms with Crippen molar-refractivity contribution in [1.82, 2.24) is 4.90 Å². The first-order valence-electron chi connectivity index (χ1n) is 10.4. The Morgan fingerprint density at radius 1 is 1.18 bits per heavy atom. The lowest BCUT2D eigenvalue weighted by atomic mass is 9.80. The Morgan fingerprint density at radius 2 is 1.89 bits per heavy atom. The van der Waals surface area contributed by atoms with Gasteiger partial charge in [0.15, 0.2) is 5.60 Å². The Kier molecular flexibility index (Phi) is 7.08. The van der Waals surface area contributed by atoms with E-state index in [1.54, 1.807) is 19.1 Å². The van der Waals surface area contributed by atoms with E-state index in [9.17, 15) is 14.7 Å². The van der Waals surface area contributed by atoms with Gasteiger partial charge in [0.2, 0.25) is 0 Å². The van der Waals surface area contributed by atoms with Crippen LogP contribution in [0.1, 0.15) is 51.0 Å². The van der Waals surface area contributed by atoms with E-state index in [4.69, 9.17) is 9.47 Å². The summed E-state index contributed by atoms with van der Waals surface area (Å²) in [6, 6.07) is 9.17. The van der Waals surface area contributed by atoms with Crippen LogP contribution >= 0.6 is 0 Å². The van der Waals surface area contributed by atoms with Gasteiger partial charge in [-0.3, -0.25) is 9.69 Å². The van der Waals surface area contributed by atoms with Crippen LogP contribution in [-0.2, 0) is 24.7 Å². The first-order valence-corrected chi connectivity index (χ1v) is 10.4. The third-order valence-corrected chi connectivity index (χ3v) is 5.91. The molecule has 6 nitrogen and oxygen atoms in total. The molecule has 0 radical (unpaired) electrons. The van der Waals surface area contributed by atoms with Crippen LogP contribution in [0.15, 0.2) is 30.3 Å². The molecular formula is C22H31NO5. The number of hydrogen-bond donors (Lipinski definition) is 1. The van der Waals surface area contributed by atoms with Crippen molar-refractivity contribution in [2.75, 3.05) is 26.2 Å². The molecule has 2 fully saturated rings. The third kappa shape index (κ3) is 4.73. The number of aliphatic hydroxyl groups is 1. The molecule has 0 bridgehead atoms. The van der Waals surface area contributed by atoms with Gasteiger partial charge in [-0.2, -0.15) is 0 Å². The quantitative estimate of drug-likeness (QED) is 0.689. The molecule has 1 aliphatic heterocycles. The smallest absolute Gasteiger partial charge is 0.343 e. The molecule has 1 aliphatic carbocycles. The summed E-state index contributed by atoms with van der Waals surface area (Å²) in [5.74, 6) is -0.853. The Morgan fingerprint density at radius 3 is 2.57 bits per heavy atom. The molecular weight excluding hydrogens is 358 g/mol. The van der Waals surface area contributed by atoms with Crippen LogP contribution in [0.5, 0.6) is 0 Å². The molecule has 2 aliphatic rings. The minimum Gasteiger partial charge on any atom is -0.466 e. The standard InChI is InChI=1S/C22H31NO5/c1-2-27-20(24)13-15-23-14-12-19(16-23)28-21(25)22(26,18-10-6-7-11-18)17-8-4-3-5-9-17/h3-5,8-9,18-19,26H,2,6-7,10-16H2,1H3/t19-,22?/m1/s1. The summed E-state index contributed by atoms with van der Waals surface area (Å²) in [4.78, 5) is 26.7. The van der Waals surface area contributed by atoms with Crippen LogP contribution in [0.4, 0.5) is 0 Å². The Balaban J connectivity index is 1.61. The third-order valence-electron chi connectivity index (χ3n) is 5.91. The topological polar surface area (TPSA) is 76.1 Å². The minimum atomic E-state index is -1.59. The first-order chi connectivity index (χ1) is 13.5. The number of ether oxygens (including phenoxy) is 2. The number of nitrogens with zero attached hydrogens (tertiary/aromatic N) is 1. The van der Waals surface area contributed by atoms with Crippen LogP contribution in [-0.4, -0.2) is 54.3 Å². The molecule has 1 aromatic rings. The van der Waals surface area contributed by atoms with Crippen molar-refractivity contribution in [1.29, 1.82) is 0 Å². The molecule has 1 aromatic carbocycles. The predicted molar refractivity (Wildman–Crippen MR) is 104 cm³/mol. The number of esters is 2. The molecule has 3 rings (SSSR count). The van der Waals surface area contributed by atoms with Gasteiger partial charge in [0.1, 0.15) is 6.10 Å². The lowest BCUT2D eigenvalue weighted by Gasteiger charge is -2.33. The van der Waals surface area contributed by atoms with Gasteiger partial charge in [0.05, 0.1) is 13.0 Å². The van der Waals surface area contributed by atoms with Gasteiger partial charge in [0, 0.05) is 25.6 Å². The average molecular weight is 389 g/mol. The fourth-order valence-electron chi connectivity index (χ4n) is 4.38. The first kappa shape index (κ1) is 20.8. The largest absolute Gasteiger partial charge is 0.466 e. The lowest BCUT2D eigenvalue weighted by molar-refractivity contribution is -0.178. The number of carbonyl (C=O) groups excluding carboxylic acids is 2. The monoisotopic (exact) mass is 389 g/mol. The molecule has 1 unspecified atom stereocenters. The maximum absolute atomic E-state index is 13.1. The summed E-state index contributed by atoms with van der Waals surface area (Å²) in [6.45, 7) is 4.13. The molecule has 154 valence electrons. The zero-order valence-electron chi connectivity index (χ0n) is 16.6. The number of likely N-dealkylation sites (tertiary alicyclic amines) is 1. The van der Waals surface area contributed by atoms with E-state index in [1.165, 1.54) is 0 Å². The molecule has 2 atom stereocenters. The summed E-state index contributed by atoms with van der Waals surface area (Å²) < 4.78 is 10.7. The van der Waals surface area contributed by atoms with Crippen molar-refractivity contribution in [3.8, 4) is 0 Å². The van der Waals surface area contributed by atoms with Crippen molar-refractivity contribution in [2.45, 2.75) is 57.2 Å². The maximum atomic E-state index is 13.1. The van der Waals surface area contributed by atoms with E-state index in [0.717, 1.165) is 32.2 Å². The number of rotatable bonds is 8. The number of benzene rings is 1. The zero-order valence-corrected chi connectivity index (χ0v) is 16.6. The average Bonchev–Trinajstić information content (AvgIpc) is 3.39.